The fourth-order valence-electron chi connectivity index (χ4n) is 0.572. The first-order valence-electron chi connectivity index (χ1n) is 2.92. The van der Waals surface area contributed by atoms with Crippen molar-refractivity contribution >= 4 is 27.4 Å². The standard InChI is InChI=1S/C6H8N2O2S/c1-10-6(9)8-5-3-2-4(7)11-5/h2-3H,7H2,1H3,(H,8,9). The Balaban J connectivity index is 2.57. The second kappa shape index (κ2) is 3.25. The molecular formula is C6H8N2O2S. The quantitative estimate of drug-likeness (QED) is 0.674. The molecule has 1 amide bonds. The number of carbonyl (C=O) groups is 1. The highest BCUT2D eigenvalue weighted by atomic mass is 32.1. The van der Waals surface area contributed by atoms with Crippen LogP contribution in [0.3, 0.4) is 0 Å². The number of rotatable bonds is 1. The van der Waals surface area contributed by atoms with Crippen molar-refractivity contribution in [1.82, 2.24) is 0 Å². The van der Waals surface area contributed by atoms with Gasteiger partial charge < -0.3 is 10.5 Å². The van der Waals surface area contributed by atoms with E-state index < -0.39 is 6.09 Å². The number of nitrogen functional groups attached to an aromatic ring is 1. The molecule has 0 spiro atoms. The van der Waals surface area contributed by atoms with Crippen LogP contribution in [0.5, 0.6) is 0 Å². The van der Waals surface area contributed by atoms with E-state index in [-0.39, 0.29) is 0 Å². The molecular weight excluding hydrogens is 164 g/mol. The average molecular weight is 172 g/mol. The van der Waals surface area contributed by atoms with Crippen molar-refractivity contribution in [3.05, 3.63) is 12.1 Å². The van der Waals surface area contributed by atoms with Gasteiger partial charge in [-0.05, 0) is 12.1 Å². The number of nitrogens with two attached hydrogens (primary N) is 1. The van der Waals surface area contributed by atoms with Crippen molar-refractivity contribution < 1.29 is 9.53 Å². The third-order valence-corrected chi connectivity index (χ3v) is 1.87. The Bertz CT molecular complexity index is 259. The van der Waals surface area contributed by atoms with Crippen LogP contribution in [-0.4, -0.2) is 13.2 Å². The maximum Gasteiger partial charge on any atom is 0.411 e. The highest BCUT2D eigenvalue weighted by Crippen LogP contribution is 2.23. The molecule has 4 nitrogen and oxygen atoms in total. The summed E-state index contributed by atoms with van der Waals surface area (Å²) in [4.78, 5) is 10.6. The number of ether oxygens (including phenoxy) is 1. The van der Waals surface area contributed by atoms with E-state index in [1.165, 1.54) is 18.4 Å². The molecule has 0 atom stereocenters. The molecule has 0 aromatic carbocycles. The monoisotopic (exact) mass is 172 g/mol. The van der Waals surface area contributed by atoms with Gasteiger partial charge in [0.2, 0.25) is 0 Å². The van der Waals surface area contributed by atoms with Crippen molar-refractivity contribution in [2.24, 2.45) is 0 Å². The van der Waals surface area contributed by atoms with E-state index in [0.717, 1.165) is 0 Å². The molecule has 5 heteroatoms. The molecule has 0 saturated heterocycles. The Kier molecular flexibility index (Phi) is 2.32. The van der Waals surface area contributed by atoms with Crippen LogP contribution in [0.15, 0.2) is 12.1 Å². The first-order chi connectivity index (χ1) is 5.22. The fraction of sp³-hybridized carbons (Fsp3) is 0.167. The second-order valence-corrected chi connectivity index (χ2v) is 2.93. The predicted octanol–water partition coefficient (Wildman–Crippen LogP) is 1.51. The molecule has 0 aliphatic carbocycles. The molecule has 11 heavy (non-hydrogen) atoms. The number of hydrogen-bond acceptors (Lipinski definition) is 4. The first-order valence-corrected chi connectivity index (χ1v) is 3.74. The number of methoxy groups -OCH3 is 1. The van der Waals surface area contributed by atoms with E-state index in [9.17, 15) is 4.79 Å². The molecule has 0 saturated carbocycles. The second-order valence-electron chi connectivity index (χ2n) is 1.82. The Hall–Kier alpha value is -1.23. The van der Waals surface area contributed by atoms with Gasteiger partial charge in [0.15, 0.2) is 0 Å². The zero-order valence-electron chi connectivity index (χ0n) is 5.96. The Morgan fingerprint density at radius 2 is 2.45 bits per heavy atom. The maximum atomic E-state index is 10.6. The van der Waals surface area contributed by atoms with Crippen LogP contribution in [-0.2, 0) is 4.74 Å². The first kappa shape index (κ1) is 7.87. The van der Waals surface area contributed by atoms with Crippen molar-refractivity contribution in [2.45, 2.75) is 0 Å². The van der Waals surface area contributed by atoms with Crippen LogP contribution in [0.1, 0.15) is 0 Å². The van der Waals surface area contributed by atoms with Crippen molar-refractivity contribution in [1.29, 1.82) is 0 Å². The summed E-state index contributed by atoms with van der Waals surface area (Å²) in [7, 11) is 1.31. The molecule has 1 heterocycles. The highest BCUT2D eigenvalue weighted by molar-refractivity contribution is 7.19. The summed E-state index contributed by atoms with van der Waals surface area (Å²) >= 11 is 1.30. The lowest BCUT2D eigenvalue weighted by Gasteiger charge is -1.97. The summed E-state index contributed by atoms with van der Waals surface area (Å²) in [6, 6.07) is 3.44. The summed E-state index contributed by atoms with van der Waals surface area (Å²) in [6.07, 6.45) is -0.480. The Morgan fingerprint density at radius 3 is 2.91 bits per heavy atom. The summed E-state index contributed by atoms with van der Waals surface area (Å²) < 4.78 is 4.38. The van der Waals surface area contributed by atoms with Gasteiger partial charge in [0.25, 0.3) is 0 Å². The number of anilines is 2. The lowest BCUT2D eigenvalue weighted by Crippen LogP contribution is -2.09. The molecule has 3 N–H and O–H groups in total. The molecule has 0 bridgehead atoms. The summed E-state index contributed by atoms with van der Waals surface area (Å²) in [5.41, 5.74) is 5.42. The molecule has 1 aromatic rings. The van der Waals surface area contributed by atoms with Gasteiger partial charge >= 0.3 is 6.09 Å². The fourth-order valence-corrected chi connectivity index (χ4v) is 1.23. The van der Waals surface area contributed by atoms with Gasteiger partial charge in [0.1, 0.15) is 0 Å². The van der Waals surface area contributed by atoms with Crippen LogP contribution in [0, 0.1) is 0 Å². The molecule has 0 aliphatic heterocycles. The molecule has 60 valence electrons. The molecule has 0 unspecified atom stereocenters. The molecule has 0 aliphatic rings. The van der Waals surface area contributed by atoms with E-state index in [0.29, 0.717) is 10.0 Å². The third kappa shape index (κ3) is 2.12. The number of hydrogen-bond donors (Lipinski definition) is 2. The van der Waals surface area contributed by atoms with Gasteiger partial charge in [-0.2, -0.15) is 0 Å². The highest BCUT2D eigenvalue weighted by Gasteiger charge is 2.01. The maximum absolute atomic E-state index is 10.6. The largest absolute Gasteiger partial charge is 0.453 e. The van der Waals surface area contributed by atoms with Gasteiger partial charge in [-0.25, -0.2) is 4.79 Å². The minimum absolute atomic E-state index is 0.480. The molecule has 1 aromatic heterocycles. The normalized spacial score (nSPS) is 9.18. The zero-order chi connectivity index (χ0) is 8.27. The molecule has 0 fully saturated rings. The van der Waals surface area contributed by atoms with Crippen LogP contribution in [0.4, 0.5) is 14.8 Å². The lowest BCUT2D eigenvalue weighted by molar-refractivity contribution is 0.187. The summed E-state index contributed by atoms with van der Waals surface area (Å²) in [6.45, 7) is 0. The smallest absolute Gasteiger partial charge is 0.411 e. The van der Waals surface area contributed by atoms with Gasteiger partial charge in [0.05, 0.1) is 17.1 Å². The number of nitrogens with one attached hydrogen (secondary N) is 1. The van der Waals surface area contributed by atoms with Crippen LogP contribution in [0.2, 0.25) is 0 Å². The van der Waals surface area contributed by atoms with Crippen molar-refractivity contribution in [3.63, 3.8) is 0 Å². The minimum Gasteiger partial charge on any atom is -0.453 e. The average Bonchev–Trinajstić information content (AvgIpc) is 2.35. The Morgan fingerprint density at radius 1 is 1.73 bits per heavy atom. The SMILES string of the molecule is COC(=O)Nc1ccc(N)s1. The number of amides is 1. The van der Waals surface area contributed by atoms with E-state index in [2.05, 4.69) is 10.1 Å². The van der Waals surface area contributed by atoms with Gasteiger partial charge in [0, 0.05) is 0 Å². The van der Waals surface area contributed by atoms with Crippen LogP contribution < -0.4 is 11.1 Å². The predicted molar refractivity (Wildman–Crippen MR) is 44.8 cm³/mol. The number of carbonyl (C=O) groups excluding carboxylic acids is 1. The van der Waals surface area contributed by atoms with Crippen LogP contribution >= 0.6 is 11.3 Å². The van der Waals surface area contributed by atoms with E-state index >= 15 is 0 Å². The van der Waals surface area contributed by atoms with Crippen molar-refractivity contribution in [2.75, 3.05) is 18.2 Å². The van der Waals surface area contributed by atoms with Crippen molar-refractivity contribution in [3.8, 4) is 0 Å². The number of thiophene rings is 1. The summed E-state index contributed by atoms with van der Waals surface area (Å²) in [5, 5.41) is 3.84. The summed E-state index contributed by atoms with van der Waals surface area (Å²) in [5.74, 6) is 0. The van der Waals surface area contributed by atoms with Gasteiger partial charge in [-0.1, -0.05) is 0 Å². The topological polar surface area (TPSA) is 64.3 Å². The lowest BCUT2D eigenvalue weighted by atomic mass is 10.6. The van der Waals surface area contributed by atoms with Gasteiger partial charge in [-0.15, -0.1) is 11.3 Å². The van der Waals surface area contributed by atoms with Gasteiger partial charge in [-0.3, -0.25) is 5.32 Å². The Labute approximate surface area is 68.0 Å². The third-order valence-electron chi connectivity index (χ3n) is 1.04. The minimum atomic E-state index is -0.480. The zero-order valence-corrected chi connectivity index (χ0v) is 6.77. The molecule has 0 radical (unpaired) electrons. The van der Waals surface area contributed by atoms with Crippen LogP contribution in [0.25, 0.3) is 0 Å². The molecule has 1 rings (SSSR count). The van der Waals surface area contributed by atoms with E-state index in [1.54, 1.807) is 12.1 Å². The van der Waals surface area contributed by atoms with E-state index in [1.807, 2.05) is 0 Å². The van der Waals surface area contributed by atoms with E-state index in [4.69, 9.17) is 5.73 Å².